The highest BCUT2D eigenvalue weighted by Gasteiger charge is 2.33. The van der Waals surface area contributed by atoms with Crippen molar-refractivity contribution in [2.45, 2.75) is 26.3 Å². The summed E-state index contributed by atoms with van der Waals surface area (Å²) in [5, 5.41) is 4.14. The second-order valence-corrected chi connectivity index (χ2v) is 7.97. The molecule has 1 aliphatic heterocycles. The summed E-state index contributed by atoms with van der Waals surface area (Å²) >= 11 is 0. The number of ether oxygens (including phenoxy) is 1. The molecule has 3 heterocycles. The first-order valence-corrected chi connectivity index (χ1v) is 10.3. The van der Waals surface area contributed by atoms with Crippen molar-refractivity contribution in [1.82, 2.24) is 23.8 Å². The molecule has 146 valence electrons. The molecular weight excluding hydrogens is 370 g/mol. The van der Waals surface area contributed by atoms with E-state index in [1.54, 1.807) is 48.4 Å². The standard InChI is InChI=1S/C17H23N5O4S/c1-2-26-17(23)15-7-4-10-21(13-15)27(24,25)20-12-14-6-3-8-18-16(14)22-11-5-9-19-22/h3,5-6,8-9,11,15,20H,2,4,7,10,12-13H2,1H3/t15-/m1/s1. The van der Waals surface area contributed by atoms with Gasteiger partial charge in [0.25, 0.3) is 10.2 Å². The lowest BCUT2D eigenvalue weighted by Crippen LogP contribution is -2.47. The van der Waals surface area contributed by atoms with Gasteiger partial charge in [-0.3, -0.25) is 4.79 Å². The zero-order chi connectivity index (χ0) is 19.3. The van der Waals surface area contributed by atoms with Crippen molar-refractivity contribution in [3.05, 3.63) is 42.4 Å². The Morgan fingerprint density at radius 3 is 2.96 bits per heavy atom. The largest absolute Gasteiger partial charge is 0.466 e. The number of carbonyl (C=O) groups is 1. The van der Waals surface area contributed by atoms with Crippen LogP contribution in [0.1, 0.15) is 25.3 Å². The van der Waals surface area contributed by atoms with E-state index in [1.807, 2.05) is 0 Å². The number of aromatic nitrogens is 3. The Balaban J connectivity index is 1.68. The van der Waals surface area contributed by atoms with Crippen LogP contribution in [-0.4, -0.2) is 53.2 Å². The molecule has 10 heteroatoms. The van der Waals surface area contributed by atoms with Crippen LogP contribution in [0.5, 0.6) is 0 Å². The quantitative estimate of drug-likeness (QED) is 0.700. The Morgan fingerprint density at radius 2 is 2.22 bits per heavy atom. The summed E-state index contributed by atoms with van der Waals surface area (Å²) in [6.45, 7) is 2.61. The molecule has 0 aliphatic carbocycles. The normalized spacial score (nSPS) is 18.3. The number of hydrogen-bond acceptors (Lipinski definition) is 6. The lowest BCUT2D eigenvalue weighted by atomic mass is 10.0. The first-order chi connectivity index (χ1) is 13.0. The molecule has 1 aliphatic rings. The second-order valence-electron chi connectivity index (χ2n) is 6.21. The molecule has 0 aromatic carbocycles. The summed E-state index contributed by atoms with van der Waals surface area (Å²) in [6.07, 6.45) is 6.26. The van der Waals surface area contributed by atoms with Gasteiger partial charge >= 0.3 is 5.97 Å². The first kappa shape index (κ1) is 19.5. The lowest BCUT2D eigenvalue weighted by Gasteiger charge is -2.30. The SMILES string of the molecule is CCOC(=O)[C@@H]1CCCN(S(=O)(=O)NCc2cccnc2-n2cccn2)C1. The third kappa shape index (κ3) is 4.71. The van der Waals surface area contributed by atoms with Crippen molar-refractivity contribution in [3.8, 4) is 5.82 Å². The number of nitrogens with one attached hydrogen (secondary N) is 1. The summed E-state index contributed by atoms with van der Waals surface area (Å²) in [6, 6.07) is 5.31. The van der Waals surface area contributed by atoms with Gasteiger partial charge in [0, 0.05) is 43.8 Å². The molecule has 0 amide bonds. The molecule has 27 heavy (non-hydrogen) atoms. The van der Waals surface area contributed by atoms with Crippen LogP contribution < -0.4 is 4.72 Å². The van der Waals surface area contributed by atoms with Crippen molar-refractivity contribution in [3.63, 3.8) is 0 Å². The molecule has 0 bridgehead atoms. The average molecular weight is 393 g/mol. The molecule has 2 aromatic rings. The van der Waals surface area contributed by atoms with Gasteiger partial charge in [-0.25, -0.2) is 9.67 Å². The van der Waals surface area contributed by atoms with Crippen LogP contribution in [-0.2, 0) is 26.3 Å². The second kappa shape index (κ2) is 8.59. The maximum Gasteiger partial charge on any atom is 0.310 e. The van der Waals surface area contributed by atoms with Crippen LogP contribution in [0.3, 0.4) is 0 Å². The van der Waals surface area contributed by atoms with Gasteiger partial charge in [0.1, 0.15) is 0 Å². The van der Waals surface area contributed by atoms with Crippen molar-refractivity contribution in [1.29, 1.82) is 0 Å². The summed E-state index contributed by atoms with van der Waals surface area (Å²) in [5.74, 6) is -0.202. The van der Waals surface area contributed by atoms with E-state index in [4.69, 9.17) is 4.74 Å². The molecular formula is C17H23N5O4S. The average Bonchev–Trinajstić information content (AvgIpc) is 3.22. The van der Waals surface area contributed by atoms with Crippen LogP contribution in [0.4, 0.5) is 0 Å². The third-order valence-corrected chi connectivity index (χ3v) is 5.90. The van der Waals surface area contributed by atoms with E-state index in [0.717, 1.165) is 0 Å². The number of nitrogens with zero attached hydrogens (tertiary/aromatic N) is 4. The first-order valence-electron chi connectivity index (χ1n) is 8.86. The lowest BCUT2D eigenvalue weighted by molar-refractivity contribution is -0.149. The van der Waals surface area contributed by atoms with Crippen molar-refractivity contribution < 1.29 is 17.9 Å². The summed E-state index contributed by atoms with van der Waals surface area (Å²) < 4.78 is 35.9. The van der Waals surface area contributed by atoms with E-state index in [9.17, 15) is 13.2 Å². The number of piperidine rings is 1. The predicted octanol–water partition coefficient (Wildman–Crippen LogP) is 0.877. The number of esters is 1. The van der Waals surface area contributed by atoms with Crippen LogP contribution in [0.25, 0.3) is 5.82 Å². The van der Waals surface area contributed by atoms with Gasteiger partial charge in [0.05, 0.1) is 12.5 Å². The Bertz CT molecular complexity index is 869. The maximum absolute atomic E-state index is 12.7. The van der Waals surface area contributed by atoms with Gasteiger partial charge < -0.3 is 4.74 Å². The zero-order valence-electron chi connectivity index (χ0n) is 15.1. The highest BCUT2D eigenvalue weighted by molar-refractivity contribution is 7.87. The van der Waals surface area contributed by atoms with E-state index >= 15 is 0 Å². The minimum atomic E-state index is -3.73. The number of carbonyl (C=O) groups excluding carboxylic acids is 1. The molecule has 1 N–H and O–H groups in total. The van der Waals surface area contributed by atoms with Crippen molar-refractivity contribution in [2.24, 2.45) is 5.92 Å². The predicted molar refractivity (Wildman–Crippen MR) is 98.0 cm³/mol. The van der Waals surface area contributed by atoms with Gasteiger partial charge in [0.15, 0.2) is 5.82 Å². The van der Waals surface area contributed by atoms with E-state index in [0.29, 0.717) is 30.8 Å². The molecule has 0 saturated carbocycles. The van der Waals surface area contributed by atoms with E-state index in [-0.39, 0.29) is 25.7 Å². The summed E-state index contributed by atoms with van der Waals surface area (Å²) in [7, 11) is -3.73. The number of rotatable bonds is 7. The Kier molecular flexibility index (Phi) is 6.19. The molecule has 1 saturated heterocycles. The van der Waals surface area contributed by atoms with Crippen LogP contribution >= 0.6 is 0 Å². The van der Waals surface area contributed by atoms with E-state index in [1.165, 1.54) is 4.31 Å². The van der Waals surface area contributed by atoms with E-state index < -0.39 is 16.1 Å². The Morgan fingerprint density at radius 1 is 1.37 bits per heavy atom. The monoisotopic (exact) mass is 393 g/mol. The highest BCUT2D eigenvalue weighted by atomic mass is 32.2. The number of hydrogen-bond donors (Lipinski definition) is 1. The summed E-state index contributed by atoms with van der Waals surface area (Å²) in [4.78, 5) is 16.2. The van der Waals surface area contributed by atoms with Gasteiger partial charge in [-0.05, 0) is 31.9 Å². The molecule has 0 unspecified atom stereocenters. The molecule has 0 spiro atoms. The van der Waals surface area contributed by atoms with Gasteiger partial charge in [-0.2, -0.15) is 22.5 Å². The van der Waals surface area contributed by atoms with Crippen LogP contribution in [0.2, 0.25) is 0 Å². The topological polar surface area (TPSA) is 106 Å². The van der Waals surface area contributed by atoms with Gasteiger partial charge in [-0.15, -0.1) is 0 Å². The van der Waals surface area contributed by atoms with Crippen molar-refractivity contribution in [2.75, 3.05) is 19.7 Å². The fourth-order valence-electron chi connectivity index (χ4n) is 3.04. The zero-order valence-corrected chi connectivity index (χ0v) is 15.9. The minimum Gasteiger partial charge on any atom is -0.466 e. The molecule has 2 aromatic heterocycles. The smallest absolute Gasteiger partial charge is 0.310 e. The molecule has 3 rings (SSSR count). The molecule has 0 radical (unpaired) electrons. The minimum absolute atomic E-state index is 0.0753. The molecule has 1 atom stereocenters. The molecule has 1 fully saturated rings. The molecule has 9 nitrogen and oxygen atoms in total. The number of pyridine rings is 1. The fraction of sp³-hybridized carbons (Fsp3) is 0.471. The van der Waals surface area contributed by atoms with Crippen LogP contribution in [0, 0.1) is 5.92 Å². The van der Waals surface area contributed by atoms with Gasteiger partial charge in [0.2, 0.25) is 0 Å². The fourth-order valence-corrected chi connectivity index (χ4v) is 4.31. The Labute approximate surface area is 158 Å². The summed E-state index contributed by atoms with van der Waals surface area (Å²) in [5.41, 5.74) is 0.698. The van der Waals surface area contributed by atoms with E-state index in [2.05, 4.69) is 14.8 Å². The highest BCUT2D eigenvalue weighted by Crippen LogP contribution is 2.20. The van der Waals surface area contributed by atoms with Crippen molar-refractivity contribution >= 4 is 16.2 Å². The third-order valence-electron chi connectivity index (χ3n) is 4.38. The Hall–Kier alpha value is -2.30. The maximum atomic E-state index is 12.7. The van der Waals surface area contributed by atoms with Gasteiger partial charge in [-0.1, -0.05) is 6.07 Å². The van der Waals surface area contributed by atoms with Crippen LogP contribution in [0.15, 0.2) is 36.8 Å².